The van der Waals surface area contributed by atoms with Crippen molar-refractivity contribution in [2.75, 3.05) is 26.2 Å². The van der Waals surface area contributed by atoms with Gasteiger partial charge in [0, 0.05) is 19.2 Å². The normalized spacial score (nSPS) is 12.5. The van der Waals surface area contributed by atoms with E-state index in [1.807, 2.05) is 74.5 Å². The Hall–Kier alpha value is -3.50. The van der Waals surface area contributed by atoms with Crippen molar-refractivity contribution >= 4 is 29.4 Å². The largest absolute Gasteiger partial charge is 0.467 e. The number of nitrogens with one attached hydrogen (secondary N) is 1. The summed E-state index contributed by atoms with van der Waals surface area (Å²) in [7, 11) is -6.07. The Labute approximate surface area is 253 Å². The van der Waals surface area contributed by atoms with Crippen LogP contribution in [0.3, 0.4) is 0 Å². The molecular weight excluding hydrogens is 591 g/mol. The Morgan fingerprint density at radius 2 is 1.35 bits per heavy atom. The van der Waals surface area contributed by atoms with Crippen LogP contribution in [0.4, 0.5) is 4.79 Å². The molecule has 0 aliphatic rings. The van der Waals surface area contributed by atoms with Crippen molar-refractivity contribution in [2.24, 2.45) is 5.92 Å². The molecule has 232 valence electrons. The molecular formula is C31H39N2O8PS. The maximum atomic E-state index is 14.1. The van der Waals surface area contributed by atoms with Gasteiger partial charge in [-0.15, -0.1) is 0 Å². The van der Waals surface area contributed by atoms with E-state index in [1.54, 1.807) is 12.1 Å². The van der Waals surface area contributed by atoms with Gasteiger partial charge in [0.15, 0.2) is 9.84 Å². The van der Waals surface area contributed by atoms with E-state index in [2.05, 4.69) is 5.32 Å². The number of ether oxygens (including phenoxy) is 1. The van der Waals surface area contributed by atoms with E-state index in [1.165, 1.54) is 24.1 Å². The van der Waals surface area contributed by atoms with Gasteiger partial charge in [0.2, 0.25) is 0 Å². The third kappa shape index (κ3) is 11.3. The van der Waals surface area contributed by atoms with Gasteiger partial charge in [0.25, 0.3) is 0 Å². The van der Waals surface area contributed by atoms with Gasteiger partial charge in [-0.2, -0.15) is 0 Å². The fraction of sp³-hybridized carbons (Fsp3) is 0.355. The van der Waals surface area contributed by atoms with Crippen LogP contribution >= 0.6 is 7.60 Å². The molecule has 3 aromatic rings. The lowest BCUT2D eigenvalue weighted by Crippen LogP contribution is -2.50. The summed E-state index contributed by atoms with van der Waals surface area (Å²) in [5.41, 5.74) is 2.19. The van der Waals surface area contributed by atoms with Crippen molar-refractivity contribution in [3.05, 3.63) is 102 Å². The molecule has 3 rings (SSSR count). The SMILES string of the molecule is COC(=O)[C@H](Cc1ccc(S(C)(=O)=O)cc1)NC(=O)N(CC(C)C)CP(=O)(OCc1ccccc1)OCc1ccccc1. The van der Waals surface area contributed by atoms with E-state index >= 15 is 0 Å². The average Bonchev–Trinajstić information content (AvgIpc) is 2.98. The number of urea groups is 1. The minimum Gasteiger partial charge on any atom is -0.467 e. The molecule has 0 radical (unpaired) electrons. The molecule has 0 aromatic heterocycles. The van der Waals surface area contributed by atoms with Crippen molar-refractivity contribution in [3.8, 4) is 0 Å². The number of nitrogens with zero attached hydrogens (tertiary/aromatic N) is 1. The third-order valence-electron chi connectivity index (χ3n) is 6.33. The molecule has 0 saturated heterocycles. The van der Waals surface area contributed by atoms with Crippen LogP contribution < -0.4 is 5.32 Å². The first-order valence-electron chi connectivity index (χ1n) is 13.8. The Balaban J connectivity index is 1.81. The molecule has 12 heteroatoms. The molecule has 3 aromatic carbocycles. The lowest BCUT2D eigenvalue weighted by Gasteiger charge is -2.30. The van der Waals surface area contributed by atoms with E-state index in [-0.39, 0.29) is 43.3 Å². The summed E-state index contributed by atoms with van der Waals surface area (Å²) in [5, 5.41) is 2.70. The van der Waals surface area contributed by atoms with Gasteiger partial charge in [-0.1, -0.05) is 86.6 Å². The number of esters is 1. The van der Waals surface area contributed by atoms with Gasteiger partial charge in [0.1, 0.15) is 12.3 Å². The molecule has 1 atom stereocenters. The van der Waals surface area contributed by atoms with Gasteiger partial charge in [-0.3, -0.25) is 4.57 Å². The van der Waals surface area contributed by atoms with Crippen LogP contribution in [0.15, 0.2) is 89.8 Å². The maximum Gasteiger partial charge on any atom is 0.350 e. The fourth-order valence-electron chi connectivity index (χ4n) is 4.15. The minimum absolute atomic E-state index is 0.0115. The Morgan fingerprint density at radius 3 is 1.79 bits per heavy atom. The number of amides is 2. The summed E-state index contributed by atoms with van der Waals surface area (Å²) in [6.45, 7) is 4.04. The fourth-order valence-corrected chi connectivity index (χ4v) is 6.37. The van der Waals surface area contributed by atoms with Gasteiger partial charge in [-0.25, -0.2) is 18.0 Å². The highest BCUT2D eigenvalue weighted by Crippen LogP contribution is 2.50. The van der Waals surface area contributed by atoms with Crippen LogP contribution in [0.2, 0.25) is 0 Å². The van der Waals surface area contributed by atoms with Crippen molar-refractivity contribution in [2.45, 2.75) is 44.4 Å². The minimum atomic E-state index is -3.89. The molecule has 0 aliphatic carbocycles. The lowest BCUT2D eigenvalue weighted by atomic mass is 10.1. The molecule has 0 spiro atoms. The predicted octanol–water partition coefficient (Wildman–Crippen LogP) is 5.43. The lowest BCUT2D eigenvalue weighted by molar-refractivity contribution is -0.142. The Morgan fingerprint density at radius 1 is 0.837 bits per heavy atom. The zero-order valence-electron chi connectivity index (χ0n) is 24.8. The standard InChI is InChI=1S/C31H39N2O8PS/c1-24(2)20-33(31(35)32-29(30(34)39-3)19-25-15-17-28(18-16-25)43(4,37)38)23-42(36,40-21-26-11-7-5-8-12-26)41-22-27-13-9-6-10-14-27/h5-18,24,29H,19-23H2,1-4H3,(H,32,35)/t29-/m0/s1. The highest BCUT2D eigenvalue weighted by Gasteiger charge is 2.33. The number of methoxy groups -OCH3 is 1. The van der Waals surface area contributed by atoms with Crippen molar-refractivity contribution in [1.29, 1.82) is 0 Å². The van der Waals surface area contributed by atoms with E-state index in [4.69, 9.17) is 13.8 Å². The van der Waals surface area contributed by atoms with Gasteiger partial charge in [-0.05, 0) is 34.7 Å². The maximum absolute atomic E-state index is 14.1. The smallest absolute Gasteiger partial charge is 0.350 e. The second-order valence-corrected chi connectivity index (χ2v) is 14.6. The number of carbonyl (C=O) groups is 2. The number of carbonyl (C=O) groups excluding carboxylic acids is 2. The first-order valence-corrected chi connectivity index (χ1v) is 17.4. The molecule has 0 unspecified atom stereocenters. The second-order valence-electron chi connectivity index (χ2n) is 10.5. The summed E-state index contributed by atoms with van der Waals surface area (Å²) in [5.74, 6) is -0.698. The number of rotatable bonds is 15. The van der Waals surface area contributed by atoms with E-state index in [0.717, 1.165) is 17.4 Å². The van der Waals surface area contributed by atoms with Crippen molar-refractivity contribution in [3.63, 3.8) is 0 Å². The van der Waals surface area contributed by atoms with Crippen LogP contribution in [0.5, 0.6) is 0 Å². The zero-order valence-corrected chi connectivity index (χ0v) is 26.6. The van der Waals surface area contributed by atoms with Crippen LogP contribution in [0.1, 0.15) is 30.5 Å². The topological polar surface area (TPSA) is 128 Å². The monoisotopic (exact) mass is 630 g/mol. The molecule has 1 N–H and O–H groups in total. The molecule has 2 amide bonds. The van der Waals surface area contributed by atoms with E-state index in [9.17, 15) is 22.6 Å². The van der Waals surface area contributed by atoms with Crippen LogP contribution in [-0.2, 0) is 52.6 Å². The molecule has 0 heterocycles. The van der Waals surface area contributed by atoms with Crippen LogP contribution in [-0.4, -0.2) is 57.6 Å². The number of sulfone groups is 1. The number of hydrogen-bond donors (Lipinski definition) is 1. The number of benzene rings is 3. The molecule has 0 aliphatic heterocycles. The summed E-state index contributed by atoms with van der Waals surface area (Å²) in [4.78, 5) is 27.7. The summed E-state index contributed by atoms with van der Waals surface area (Å²) in [6.07, 6.45) is 0.799. The summed E-state index contributed by atoms with van der Waals surface area (Å²) in [6, 6.07) is 22.7. The van der Waals surface area contributed by atoms with Crippen molar-refractivity contribution < 1.29 is 36.4 Å². The first kappa shape index (κ1) is 34.0. The zero-order chi connectivity index (χ0) is 31.5. The number of hydrogen-bond acceptors (Lipinski definition) is 8. The molecule has 43 heavy (non-hydrogen) atoms. The highest BCUT2D eigenvalue weighted by atomic mass is 32.2. The molecule has 0 saturated carbocycles. The van der Waals surface area contributed by atoms with E-state index in [0.29, 0.717) is 5.56 Å². The highest BCUT2D eigenvalue weighted by molar-refractivity contribution is 7.90. The third-order valence-corrected chi connectivity index (χ3v) is 9.19. The summed E-state index contributed by atoms with van der Waals surface area (Å²) >= 11 is 0. The Bertz CT molecular complexity index is 1440. The van der Waals surface area contributed by atoms with Gasteiger partial charge in [0.05, 0.1) is 25.2 Å². The predicted molar refractivity (Wildman–Crippen MR) is 164 cm³/mol. The summed E-state index contributed by atoms with van der Waals surface area (Å²) < 4.78 is 54.4. The molecule has 0 bridgehead atoms. The van der Waals surface area contributed by atoms with Gasteiger partial charge < -0.3 is 24.0 Å². The Kier molecular flexibility index (Phi) is 12.5. The van der Waals surface area contributed by atoms with Crippen molar-refractivity contribution in [1.82, 2.24) is 10.2 Å². The molecule has 10 nitrogen and oxygen atoms in total. The average molecular weight is 631 g/mol. The quantitative estimate of drug-likeness (QED) is 0.174. The molecule has 0 fully saturated rings. The second kappa shape index (κ2) is 15.8. The van der Waals surface area contributed by atoms with Crippen LogP contribution in [0, 0.1) is 5.92 Å². The van der Waals surface area contributed by atoms with E-state index < -0.39 is 35.5 Å². The van der Waals surface area contributed by atoms with Crippen LogP contribution in [0.25, 0.3) is 0 Å². The van der Waals surface area contributed by atoms with Gasteiger partial charge >= 0.3 is 19.6 Å². The first-order chi connectivity index (χ1) is 20.4.